The van der Waals surface area contributed by atoms with Crippen LogP contribution in [0.5, 0.6) is 0 Å². The summed E-state index contributed by atoms with van der Waals surface area (Å²) in [4.78, 5) is 1.40. The summed E-state index contributed by atoms with van der Waals surface area (Å²) in [6.45, 7) is 2.90. The van der Waals surface area contributed by atoms with Crippen LogP contribution in [0.1, 0.15) is 33.1 Å². The molecule has 0 saturated heterocycles. The molecule has 0 spiro atoms. The topological polar surface area (TPSA) is 61.8 Å². The van der Waals surface area contributed by atoms with Gasteiger partial charge in [0, 0.05) is 19.0 Å². The Labute approximate surface area is 105 Å². The van der Waals surface area contributed by atoms with E-state index in [2.05, 4.69) is 5.16 Å². The van der Waals surface area contributed by atoms with E-state index in [1.807, 2.05) is 0 Å². The Bertz CT molecular complexity index is 311. The van der Waals surface area contributed by atoms with E-state index in [-0.39, 0.29) is 17.3 Å². The van der Waals surface area contributed by atoms with Crippen molar-refractivity contribution >= 4 is 5.84 Å². The van der Waals surface area contributed by atoms with E-state index in [1.54, 1.807) is 13.8 Å². The Kier molecular flexibility index (Phi) is 4.47. The first-order chi connectivity index (χ1) is 8.17. The van der Waals surface area contributed by atoms with E-state index in [9.17, 15) is 13.2 Å². The van der Waals surface area contributed by atoms with Gasteiger partial charge in [-0.25, -0.2) is 0 Å². The number of nitrogens with two attached hydrogens (primary N) is 1. The van der Waals surface area contributed by atoms with Crippen LogP contribution in [0.3, 0.4) is 0 Å². The lowest BCUT2D eigenvalue weighted by molar-refractivity contribution is -0.151. The van der Waals surface area contributed by atoms with Gasteiger partial charge >= 0.3 is 6.18 Å². The van der Waals surface area contributed by atoms with Crippen LogP contribution in [-0.4, -0.2) is 41.3 Å². The Morgan fingerprint density at radius 1 is 1.44 bits per heavy atom. The van der Waals surface area contributed by atoms with E-state index in [0.717, 1.165) is 12.8 Å². The normalized spacial score (nSPS) is 19.6. The highest BCUT2D eigenvalue weighted by Gasteiger charge is 2.46. The van der Waals surface area contributed by atoms with Gasteiger partial charge in [0.1, 0.15) is 5.84 Å². The summed E-state index contributed by atoms with van der Waals surface area (Å²) in [6.07, 6.45) is -2.20. The zero-order valence-corrected chi connectivity index (χ0v) is 10.7. The van der Waals surface area contributed by atoms with Crippen LogP contribution in [0.15, 0.2) is 5.16 Å². The third-order valence-corrected chi connectivity index (χ3v) is 3.29. The number of oxime groups is 1. The van der Waals surface area contributed by atoms with Crippen LogP contribution in [0.25, 0.3) is 0 Å². The molecule has 1 fully saturated rings. The lowest BCUT2D eigenvalue weighted by atomic mass is 10.0. The number of halogens is 3. The smallest absolute Gasteiger partial charge is 0.401 e. The molecule has 0 aliphatic heterocycles. The summed E-state index contributed by atoms with van der Waals surface area (Å²) < 4.78 is 37.4. The number of hydrogen-bond acceptors (Lipinski definition) is 3. The molecular formula is C11H20F3N3O. The van der Waals surface area contributed by atoms with E-state index < -0.39 is 12.7 Å². The number of nitrogens with zero attached hydrogens (tertiary/aromatic N) is 2. The third-order valence-electron chi connectivity index (χ3n) is 3.29. The van der Waals surface area contributed by atoms with Crippen LogP contribution in [0, 0.1) is 5.41 Å². The minimum atomic E-state index is -4.20. The van der Waals surface area contributed by atoms with Gasteiger partial charge < -0.3 is 10.9 Å². The van der Waals surface area contributed by atoms with Crippen molar-refractivity contribution in [3.05, 3.63) is 0 Å². The molecule has 1 rings (SSSR count). The van der Waals surface area contributed by atoms with Gasteiger partial charge in [-0.3, -0.25) is 4.90 Å². The Balaban J connectivity index is 2.61. The van der Waals surface area contributed by atoms with Gasteiger partial charge in [0.2, 0.25) is 0 Å². The van der Waals surface area contributed by atoms with E-state index in [1.165, 1.54) is 4.90 Å². The molecule has 0 amide bonds. The SMILES string of the molecule is CC(C)N(CC(F)(F)F)CC1(CC(N)=NO)CC1. The minimum absolute atomic E-state index is 0.0863. The third kappa shape index (κ3) is 4.72. The molecule has 0 bridgehead atoms. The molecule has 0 unspecified atom stereocenters. The molecule has 0 atom stereocenters. The Hall–Kier alpha value is -0.980. The predicted molar refractivity (Wildman–Crippen MR) is 62.5 cm³/mol. The fraction of sp³-hybridized carbons (Fsp3) is 0.909. The molecule has 4 nitrogen and oxygen atoms in total. The number of alkyl halides is 3. The maximum atomic E-state index is 12.5. The van der Waals surface area contributed by atoms with Crippen molar-refractivity contribution in [3.63, 3.8) is 0 Å². The standard InChI is InChI=1S/C11H20F3N3O/c1-8(2)17(7-11(12,13)14)6-10(3-4-10)5-9(15)16-18/h8,18H,3-7H2,1-2H3,(H2,15,16). The van der Waals surface area contributed by atoms with Crippen molar-refractivity contribution in [1.29, 1.82) is 0 Å². The first kappa shape index (κ1) is 15.1. The molecule has 106 valence electrons. The predicted octanol–water partition coefficient (Wildman–Crippen LogP) is 2.18. The quantitative estimate of drug-likeness (QED) is 0.335. The first-order valence-electron chi connectivity index (χ1n) is 5.95. The van der Waals surface area contributed by atoms with Crippen LogP contribution < -0.4 is 5.73 Å². The Morgan fingerprint density at radius 3 is 2.33 bits per heavy atom. The first-order valence-corrected chi connectivity index (χ1v) is 5.95. The minimum Gasteiger partial charge on any atom is -0.409 e. The molecule has 0 radical (unpaired) electrons. The molecule has 18 heavy (non-hydrogen) atoms. The summed E-state index contributed by atoms with van der Waals surface area (Å²) in [5, 5.41) is 11.4. The van der Waals surface area contributed by atoms with Gasteiger partial charge in [0.25, 0.3) is 0 Å². The number of amidine groups is 1. The highest BCUT2D eigenvalue weighted by Crippen LogP contribution is 2.49. The zero-order chi connectivity index (χ0) is 14.0. The lowest BCUT2D eigenvalue weighted by Gasteiger charge is -2.31. The molecule has 3 N–H and O–H groups in total. The summed E-state index contributed by atoms with van der Waals surface area (Å²) in [5.74, 6) is 0.0863. The van der Waals surface area contributed by atoms with E-state index >= 15 is 0 Å². The zero-order valence-electron chi connectivity index (χ0n) is 10.7. The van der Waals surface area contributed by atoms with Crippen molar-refractivity contribution < 1.29 is 18.4 Å². The van der Waals surface area contributed by atoms with Crippen molar-refractivity contribution in [1.82, 2.24) is 4.90 Å². The van der Waals surface area contributed by atoms with Crippen LogP contribution >= 0.6 is 0 Å². The van der Waals surface area contributed by atoms with E-state index in [4.69, 9.17) is 10.9 Å². The number of rotatable bonds is 6. The second-order valence-electron chi connectivity index (χ2n) is 5.38. The Morgan fingerprint density at radius 2 is 2.00 bits per heavy atom. The van der Waals surface area contributed by atoms with Crippen LogP contribution in [-0.2, 0) is 0 Å². The summed E-state index contributed by atoms with van der Waals surface area (Å²) >= 11 is 0. The van der Waals surface area contributed by atoms with Crippen molar-refractivity contribution in [2.24, 2.45) is 16.3 Å². The van der Waals surface area contributed by atoms with Crippen LogP contribution in [0.4, 0.5) is 13.2 Å². The second kappa shape index (κ2) is 5.34. The van der Waals surface area contributed by atoms with Gasteiger partial charge in [0.05, 0.1) is 6.54 Å². The lowest BCUT2D eigenvalue weighted by Crippen LogP contribution is -2.43. The second-order valence-corrected chi connectivity index (χ2v) is 5.38. The highest BCUT2D eigenvalue weighted by atomic mass is 19.4. The van der Waals surface area contributed by atoms with Crippen molar-refractivity contribution in [3.8, 4) is 0 Å². The molecule has 0 aromatic heterocycles. The van der Waals surface area contributed by atoms with Gasteiger partial charge in [-0.1, -0.05) is 5.16 Å². The van der Waals surface area contributed by atoms with Gasteiger partial charge in [-0.15, -0.1) is 0 Å². The van der Waals surface area contributed by atoms with E-state index in [0.29, 0.717) is 13.0 Å². The average molecular weight is 267 g/mol. The molecule has 0 heterocycles. The molecule has 1 aliphatic carbocycles. The fourth-order valence-electron chi connectivity index (χ4n) is 2.07. The molecule has 1 saturated carbocycles. The van der Waals surface area contributed by atoms with Gasteiger partial charge in [-0.05, 0) is 32.1 Å². The maximum absolute atomic E-state index is 12.5. The van der Waals surface area contributed by atoms with Crippen LogP contribution in [0.2, 0.25) is 0 Å². The maximum Gasteiger partial charge on any atom is 0.401 e. The molecule has 1 aliphatic rings. The van der Waals surface area contributed by atoms with Gasteiger partial charge in [-0.2, -0.15) is 13.2 Å². The molecule has 0 aromatic rings. The fourth-order valence-corrected chi connectivity index (χ4v) is 2.07. The summed E-state index contributed by atoms with van der Waals surface area (Å²) in [6, 6.07) is -0.184. The summed E-state index contributed by atoms with van der Waals surface area (Å²) in [7, 11) is 0. The molecule has 0 aromatic carbocycles. The molecule has 7 heteroatoms. The van der Waals surface area contributed by atoms with Crippen molar-refractivity contribution in [2.45, 2.75) is 45.3 Å². The largest absolute Gasteiger partial charge is 0.409 e. The number of hydrogen-bond donors (Lipinski definition) is 2. The van der Waals surface area contributed by atoms with Gasteiger partial charge in [0.15, 0.2) is 0 Å². The monoisotopic (exact) mass is 267 g/mol. The summed E-state index contributed by atoms with van der Waals surface area (Å²) in [5.41, 5.74) is 5.19. The highest BCUT2D eigenvalue weighted by molar-refractivity contribution is 5.80. The molecular weight excluding hydrogens is 247 g/mol. The van der Waals surface area contributed by atoms with Crippen molar-refractivity contribution in [2.75, 3.05) is 13.1 Å². The average Bonchev–Trinajstić information content (AvgIpc) is 2.94.